The van der Waals surface area contributed by atoms with Gasteiger partial charge in [-0.25, -0.2) is 0 Å². The average Bonchev–Trinajstić information content (AvgIpc) is 0.791. The van der Waals surface area contributed by atoms with Gasteiger partial charge in [-0.05, 0) is 193 Å². The first-order valence-electron chi connectivity index (χ1n) is 39.2. The molecule has 0 fully saturated rings. The maximum atomic E-state index is 6.02. The number of hydrogen-bond donors (Lipinski definition) is 0. The van der Waals surface area contributed by atoms with Crippen molar-refractivity contribution in [1.82, 2.24) is 4.90 Å². The van der Waals surface area contributed by atoms with Crippen LogP contribution < -0.4 is 56.3 Å². The summed E-state index contributed by atoms with van der Waals surface area (Å²) in [6, 6.07) is 89.8. The van der Waals surface area contributed by atoms with Crippen LogP contribution in [0.25, 0.3) is 79.1 Å². The van der Waals surface area contributed by atoms with Crippen molar-refractivity contribution in [1.29, 1.82) is 0 Å². The van der Waals surface area contributed by atoms with Crippen LogP contribution in [0.15, 0.2) is 273 Å². The highest BCUT2D eigenvalue weighted by molar-refractivity contribution is 5.85. The zero-order chi connectivity index (χ0) is 78.3. The van der Waals surface area contributed by atoms with Crippen molar-refractivity contribution in [2.45, 2.75) is 108 Å². The lowest BCUT2D eigenvalue weighted by Gasteiger charge is -2.40. The van der Waals surface area contributed by atoms with Crippen LogP contribution in [0.4, 0.5) is 5.69 Å². The van der Waals surface area contributed by atoms with Crippen molar-refractivity contribution in [3.63, 3.8) is 0 Å². The number of aromatic nitrogens is 4. The minimum atomic E-state index is 0.282. The van der Waals surface area contributed by atoms with Crippen molar-refractivity contribution < 1.29 is 51.4 Å². The Morgan fingerprint density at radius 2 is 0.860 bits per heavy atom. The molecule has 0 aliphatic carbocycles. The summed E-state index contributed by atoms with van der Waals surface area (Å²) >= 11 is 0. The molecule has 566 valence electrons. The fraction of sp³-hybridized carbons (Fsp3) is 0.188. The Morgan fingerprint density at radius 1 is 0.351 bits per heavy atom. The number of methoxy groups -OCH3 is 1. The van der Waals surface area contributed by atoms with Gasteiger partial charge in [-0.15, -0.1) is 0 Å². The summed E-state index contributed by atoms with van der Waals surface area (Å²) in [5, 5.41) is 2.51. The van der Waals surface area contributed by atoms with E-state index >= 15 is 0 Å². The van der Waals surface area contributed by atoms with E-state index in [0.29, 0.717) is 46.4 Å². The van der Waals surface area contributed by atoms with Crippen molar-refractivity contribution in [3.8, 4) is 96.4 Å². The van der Waals surface area contributed by atoms with Crippen molar-refractivity contribution in [2.75, 3.05) is 25.5 Å². The second-order valence-corrected chi connectivity index (χ2v) is 30.3. The summed E-state index contributed by atoms with van der Waals surface area (Å²) in [4.78, 5) is 4.57. The zero-order valence-corrected chi connectivity index (χ0v) is 66.6. The second-order valence-electron chi connectivity index (χ2n) is 30.3. The number of anilines is 1. The van der Waals surface area contributed by atoms with E-state index in [4.69, 9.17) is 33.2 Å². The van der Waals surface area contributed by atoms with Crippen LogP contribution in [0.5, 0.6) is 40.2 Å². The number of fused-ring (bicyclic) bond motifs is 23. The summed E-state index contributed by atoms with van der Waals surface area (Å²) < 4.78 is 49.7. The van der Waals surface area contributed by atoms with Gasteiger partial charge in [-0.2, -0.15) is 18.3 Å². The molecular formula is C101H94N6O7+4. The lowest BCUT2D eigenvalue weighted by molar-refractivity contribution is -0.723. The number of pyridine rings is 4. The Labute approximate surface area is 668 Å². The lowest BCUT2D eigenvalue weighted by atomic mass is 9.89. The van der Waals surface area contributed by atoms with E-state index in [1.54, 1.807) is 7.11 Å². The largest absolute Gasteiger partial charge is 0.497 e. The fourth-order valence-electron chi connectivity index (χ4n) is 16.9. The van der Waals surface area contributed by atoms with E-state index in [1.807, 2.05) is 25.1 Å². The first kappa shape index (κ1) is 73.5. The molecule has 4 aromatic heterocycles. The minimum Gasteiger partial charge on any atom is -0.497 e. The highest BCUT2D eigenvalue weighted by atomic mass is 16.5. The molecule has 0 N–H and O–H groups in total. The molecular weight excluding hydrogens is 1410 g/mol. The molecule has 2 atom stereocenters. The lowest BCUT2D eigenvalue weighted by Crippen LogP contribution is -2.44. The highest BCUT2D eigenvalue weighted by Crippen LogP contribution is 2.47. The van der Waals surface area contributed by atoms with E-state index in [-0.39, 0.29) is 6.04 Å². The number of nitrogens with zero attached hydrogens (tertiary/aromatic N) is 6. The Bertz CT molecular complexity index is 6130. The molecule has 13 nitrogen and oxygen atoms in total. The van der Waals surface area contributed by atoms with Crippen LogP contribution in [0.3, 0.4) is 0 Å². The monoisotopic (exact) mass is 1500 g/mol. The van der Waals surface area contributed by atoms with E-state index in [1.165, 1.54) is 145 Å². The smallest absolute Gasteiger partial charge is 0.292 e. The molecule has 14 aromatic rings. The molecule has 0 saturated heterocycles. The Hall–Kier alpha value is -13.3. The summed E-state index contributed by atoms with van der Waals surface area (Å²) in [6.07, 6.45) is 10.9. The summed E-state index contributed by atoms with van der Waals surface area (Å²) in [5.74, 6) is 6.97. The number of rotatable bonds is 2. The van der Waals surface area contributed by atoms with Gasteiger partial charge in [0.2, 0.25) is 22.8 Å². The van der Waals surface area contributed by atoms with Crippen LogP contribution in [0.2, 0.25) is 0 Å². The summed E-state index contributed by atoms with van der Waals surface area (Å²) in [6.45, 7) is 24.6. The molecule has 0 bridgehead atoms. The first-order valence-corrected chi connectivity index (χ1v) is 39.2. The van der Waals surface area contributed by atoms with Gasteiger partial charge in [0.05, 0.1) is 41.4 Å². The van der Waals surface area contributed by atoms with Crippen molar-refractivity contribution in [2.24, 2.45) is 0 Å². The van der Waals surface area contributed by atoms with Gasteiger partial charge < -0.3 is 43.0 Å². The Morgan fingerprint density at radius 3 is 1.53 bits per heavy atom. The van der Waals surface area contributed by atoms with E-state index in [0.717, 1.165) is 51.4 Å². The second kappa shape index (κ2) is 31.5. The van der Waals surface area contributed by atoms with Crippen LogP contribution in [0, 0.1) is 69.2 Å². The summed E-state index contributed by atoms with van der Waals surface area (Å²) in [7, 11) is 1.69. The van der Waals surface area contributed by atoms with Gasteiger partial charge in [0.25, 0.3) is 26.9 Å². The van der Waals surface area contributed by atoms with Gasteiger partial charge in [0.15, 0.2) is 36.7 Å². The van der Waals surface area contributed by atoms with Gasteiger partial charge in [-0.1, -0.05) is 158 Å². The molecule has 12 heterocycles. The number of ether oxygens (including phenoxy) is 7. The molecule has 10 aromatic carbocycles. The van der Waals surface area contributed by atoms with Crippen LogP contribution >= 0.6 is 0 Å². The molecule has 0 radical (unpaired) electrons. The third-order valence-electron chi connectivity index (χ3n) is 22.7. The van der Waals surface area contributed by atoms with E-state index in [2.05, 4.69) is 358 Å². The number of hydrogen-bond acceptors (Lipinski definition) is 9. The predicted molar refractivity (Wildman–Crippen MR) is 451 cm³/mol. The van der Waals surface area contributed by atoms with Crippen LogP contribution in [-0.2, 0) is 26.9 Å². The highest BCUT2D eigenvalue weighted by Gasteiger charge is 2.36. The molecule has 22 rings (SSSR count). The van der Waals surface area contributed by atoms with E-state index in [9.17, 15) is 0 Å². The maximum absolute atomic E-state index is 6.02. The predicted octanol–water partition coefficient (Wildman–Crippen LogP) is 20.9. The van der Waals surface area contributed by atoms with Crippen molar-refractivity contribution in [3.05, 3.63) is 357 Å². The molecule has 2 unspecified atom stereocenters. The quantitative estimate of drug-likeness (QED) is 0.157. The summed E-state index contributed by atoms with van der Waals surface area (Å²) in [5.41, 5.74) is 31.7. The third kappa shape index (κ3) is 14.2. The Kier molecular flexibility index (Phi) is 20.3. The Balaban J connectivity index is 0.0000000990. The maximum Gasteiger partial charge on any atom is 0.292 e. The molecule has 0 amide bonds. The molecule has 8 aliphatic heterocycles. The minimum absolute atomic E-state index is 0.282. The molecule has 0 spiro atoms. The van der Waals surface area contributed by atoms with Crippen LogP contribution in [-0.4, -0.2) is 25.5 Å². The van der Waals surface area contributed by atoms with Gasteiger partial charge in [0.1, 0.15) is 40.2 Å². The molecule has 114 heavy (non-hydrogen) atoms. The zero-order valence-electron chi connectivity index (χ0n) is 66.6. The average molecular weight is 1500 g/mol. The van der Waals surface area contributed by atoms with E-state index < -0.39 is 0 Å². The first-order chi connectivity index (χ1) is 55.6. The standard InChI is InChI=1S/C20H18NO.C17H15NO.C17H14NO.C17H15NO.C15H16NO2.C15H16NO/c1-14-11-17(16-8-4-3-5-9-16)12-18-19-10-6-7-15(2)21(19)13-22-20(14)18;1-12-5-4-7-14-16-10-9-13-6-2-3-8-15(13)18(16)11-19-17(12)14;1-12-5-4-8-15-16-9-13-6-2-3-7-14(13)10-18(16)11-19-17(12)15;1-12-5-4-8-15-16-14-7-3-2-6-13(14)9-10-18(16)11-19-17(12)15;1-10-7-12(17-3)8-13-14-6-4-5-11(2)16(14)9-18-15(10)13;1-10-7-11(2)15-13(8-10)14-6-4-5-12(3)16(14)9-17-15/h3-12H,13H2,1-2H3;2-10,16H,11H2,1H3;2-10H,11H2,1H3;2-10,16H,11H2,1H3;4-8H,9H2,1-3H3;4-8H,9H2,1-3H3/q+1;;+1;;2*+1. The fourth-order valence-corrected chi connectivity index (χ4v) is 16.9. The van der Waals surface area contributed by atoms with Crippen molar-refractivity contribution >= 4 is 28.6 Å². The van der Waals surface area contributed by atoms with Gasteiger partial charge >= 0.3 is 0 Å². The normalized spacial score (nSPS) is 14.7. The number of benzene rings is 10. The molecule has 13 heteroatoms. The van der Waals surface area contributed by atoms with Gasteiger partial charge in [0, 0.05) is 91.6 Å². The molecule has 8 aliphatic rings. The SMILES string of the molecule is COc1cc(C)c2c(c1)-c1cccc(C)[n+]1CO2.Cc1cc(-c2ccccc2)cc2c1OC[n+]1c(C)cccc1-2.Cc1cc(C)c2c(c1)-c1cccc(C)[n+]1CO2.Cc1cccc2c1OCN1C=Cc3ccccc3C21.Cc1cccc2c1OCN1c3ccccc3C=CC21.Cc1cccc2c1OC[n+]1cc3ccccc3cc1-2. The third-order valence-corrected chi connectivity index (χ3v) is 22.7. The van der Waals surface area contributed by atoms with Crippen LogP contribution in [0.1, 0.15) is 95.9 Å². The number of aryl methyl sites for hydroxylation is 10. The number of para-hydroxylation sites is 4. The van der Waals surface area contributed by atoms with Gasteiger partial charge in [-0.3, -0.25) is 0 Å². The topological polar surface area (TPSA) is 86.6 Å². The molecule has 0 saturated carbocycles.